The number of benzene rings is 2. The van der Waals surface area contributed by atoms with Crippen molar-refractivity contribution in [3.8, 4) is 10.6 Å². The third-order valence-corrected chi connectivity index (χ3v) is 6.60. The van der Waals surface area contributed by atoms with E-state index in [0.29, 0.717) is 28.5 Å². The van der Waals surface area contributed by atoms with E-state index in [1.165, 1.54) is 17.3 Å². The van der Waals surface area contributed by atoms with E-state index < -0.39 is 0 Å². The minimum atomic E-state index is -0.181. The van der Waals surface area contributed by atoms with Gasteiger partial charge in [0.05, 0.1) is 10.2 Å². The van der Waals surface area contributed by atoms with Crippen molar-refractivity contribution in [2.75, 3.05) is 11.6 Å². The summed E-state index contributed by atoms with van der Waals surface area (Å²) in [7, 11) is 0. The topological polar surface area (TPSA) is 87.7 Å². The predicted octanol–water partition coefficient (Wildman–Crippen LogP) is 4.96. The highest BCUT2D eigenvalue weighted by atomic mass is 32.2. The lowest BCUT2D eigenvalue weighted by atomic mass is 10.1. The van der Waals surface area contributed by atoms with Crippen molar-refractivity contribution in [3.63, 3.8) is 0 Å². The molecule has 4 aromatic rings. The van der Waals surface area contributed by atoms with Gasteiger partial charge in [0.15, 0.2) is 5.16 Å². The third kappa shape index (κ3) is 4.86. The van der Waals surface area contributed by atoms with Crippen molar-refractivity contribution in [1.82, 2.24) is 15.0 Å². The first-order chi connectivity index (χ1) is 14.9. The highest BCUT2D eigenvalue weighted by molar-refractivity contribution is 7.98. The Labute approximate surface area is 188 Å². The summed E-state index contributed by atoms with van der Waals surface area (Å²) in [5.74, 6) is -0.143. The third-order valence-electron chi connectivity index (χ3n) is 4.96. The van der Waals surface area contributed by atoms with E-state index >= 15 is 0 Å². The zero-order valence-corrected chi connectivity index (χ0v) is 19.1. The van der Waals surface area contributed by atoms with Gasteiger partial charge in [-0.15, -0.1) is 11.3 Å². The van der Waals surface area contributed by atoms with Crippen LogP contribution in [0.1, 0.15) is 23.2 Å². The summed E-state index contributed by atoms with van der Waals surface area (Å²) in [4.78, 5) is 36.4. The minimum absolute atomic E-state index is 0.143. The van der Waals surface area contributed by atoms with E-state index in [1.54, 1.807) is 18.3 Å². The molecule has 2 N–H and O–H groups in total. The molecule has 0 atom stereocenters. The van der Waals surface area contributed by atoms with Crippen LogP contribution in [0.25, 0.3) is 20.8 Å². The van der Waals surface area contributed by atoms with Crippen LogP contribution < -0.4 is 10.9 Å². The van der Waals surface area contributed by atoms with Crippen molar-refractivity contribution in [2.45, 2.75) is 31.8 Å². The second-order valence-corrected chi connectivity index (χ2v) is 9.08. The maximum atomic E-state index is 12.4. The van der Waals surface area contributed by atoms with E-state index in [1.807, 2.05) is 36.6 Å². The molecule has 2 aromatic heterocycles. The van der Waals surface area contributed by atoms with Gasteiger partial charge in [-0.25, -0.2) is 9.97 Å². The Hall–Kier alpha value is -2.97. The van der Waals surface area contributed by atoms with E-state index in [4.69, 9.17) is 4.98 Å². The van der Waals surface area contributed by atoms with Crippen molar-refractivity contribution in [1.29, 1.82) is 0 Å². The summed E-state index contributed by atoms with van der Waals surface area (Å²) < 4.78 is 1.16. The number of nitrogens with zero attached hydrogens (tertiary/aromatic N) is 2. The maximum Gasteiger partial charge on any atom is 0.254 e. The number of aryl methyl sites for hydroxylation is 2. The first-order valence-corrected chi connectivity index (χ1v) is 11.9. The van der Waals surface area contributed by atoms with Gasteiger partial charge in [0.25, 0.3) is 5.56 Å². The summed E-state index contributed by atoms with van der Waals surface area (Å²) in [6.45, 7) is 3.87. The minimum Gasteiger partial charge on any atom is -0.326 e. The molecule has 31 heavy (non-hydrogen) atoms. The largest absolute Gasteiger partial charge is 0.326 e. The Morgan fingerprint density at radius 1 is 1.13 bits per heavy atom. The van der Waals surface area contributed by atoms with Gasteiger partial charge in [-0.1, -0.05) is 17.8 Å². The average Bonchev–Trinajstić information content (AvgIpc) is 3.16. The molecule has 8 heteroatoms. The summed E-state index contributed by atoms with van der Waals surface area (Å²) in [5.41, 5.74) is 4.97. The van der Waals surface area contributed by atoms with Gasteiger partial charge in [-0.3, -0.25) is 9.59 Å². The van der Waals surface area contributed by atoms with Gasteiger partial charge >= 0.3 is 0 Å². The van der Waals surface area contributed by atoms with E-state index in [2.05, 4.69) is 34.3 Å². The van der Waals surface area contributed by atoms with E-state index in [0.717, 1.165) is 20.8 Å². The number of fused-ring (bicyclic) bond motifs is 1. The molecule has 4 rings (SSSR count). The first-order valence-electron chi connectivity index (χ1n) is 9.84. The van der Waals surface area contributed by atoms with Gasteiger partial charge in [-0.05, 0) is 68.5 Å². The number of amides is 1. The second kappa shape index (κ2) is 9.03. The number of nitrogens with one attached hydrogen (secondary N) is 2. The second-order valence-electron chi connectivity index (χ2n) is 7.25. The molecule has 2 aromatic carbocycles. The van der Waals surface area contributed by atoms with Crippen LogP contribution in [0.3, 0.4) is 0 Å². The Morgan fingerprint density at radius 2 is 1.90 bits per heavy atom. The van der Waals surface area contributed by atoms with Crippen LogP contribution in [0.2, 0.25) is 0 Å². The van der Waals surface area contributed by atoms with Crippen LogP contribution in [0.4, 0.5) is 5.69 Å². The summed E-state index contributed by atoms with van der Waals surface area (Å²) >= 11 is 3.04. The fourth-order valence-electron chi connectivity index (χ4n) is 3.29. The average molecular weight is 451 g/mol. The number of hydrogen-bond donors (Lipinski definition) is 2. The van der Waals surface area contributed by atoms with Gasteiger partial charge in [0.1, 0.15) is 5.01 Å². The molecule has 1 amide bonds. The first kappa shape index (κ1) is 21.3. The molecular weight excluding hydrogens is 428 g/mol. The summed E-state index contributed by atoms with van der Waals surface area (Å²) in [6, 6.07) is 13.9. The number of hydrogen-bond acceptors (Lipinski definition) is 6. The molecule has 0 saturated heterocycles. The number of thiazole rings is 1. The molecule has 0 aliphatic heterocycles. The Bertz CT molecular complexity index is 1310. The molecule has 0 unspecified atom stereocenters. The molecule has 0 radical (unpaired) electrons. The monoisotopic (exact) mass is 450 g/mol. The standard InChI is InChI=1S/C23H22N4O2S2/c1-13-4-10-18-19(12-13)31-22(26-18)15-5-7-16(8-6-15)25-20(28)11-9-17-14(2)24-23(30-3)27-21(17)29/h4-8,10,12H,9,11H2,1-3H3,(H,25,28)(H,24,27,29). The molecule has 0 spiro atoms. The van der Waals surface area contributed by atoms with Crippen molar-refractivity contribution < 1.29 is 4.79 Å². The lowest BCUT2D eigenvalue weighted by Crippen LogP contribution is -2.20. The molecular formula is C23H22N4O2S2. The van der Waals surface area contributed by atoms with Crippen LogP contribution in [-0.2, 0) is 11.2 Å². The Kier molecular flexibility index (Phi) is 6.20. The van der Waals surface area contributed by atoms with Gasteiger partial charge in [0.2, 0.25) is 5.91 Å². The van der Waals surface area contributed by atoms with Crippen LogP contribution in [0.15, 0.2) is 52.4 Å². The van der Waals surface area contributed by atoms with Crippen LogP contribution in [-0.4, -0.2) is 27.1 Å². The number of carbonyl (C=O) groups excluding carboxylic acids is 1. The van der Waals surface area contributed by atoms with E-state index in [9.17, 15) is 9.59 Å². The molecule has 0 bridgehead atoms. The molecule has 0 saturated carbocycles. The zero-order chi connectivity index (χ0) is 22.0. The number of anilines is 1. The van der Waals surface area contributed by atoms with Gasteiger partial charge in [0, 0.05) is 28.9 Å². The van der Waals surface area contributed by atoms with Crippen molar-refractivity contribution in [2.24, 2.45) is 0 Å². The number of carbonyl (C=O) groups is 1. The quantitative estimate of drug-likeness (QED) is 0.320. The predicted molar refractivity (Wildman–Crippen MR) is 128 cm³/mol. The van der Waals surface area contributed by atoms with Crippen LogP contribution >= 0.6 is 23.1 Å². The number of aromatic amines is 1. The molecule has 6 nitrogen and oxygen atoms in total. The fourth-order valence-corrected chi connectivity index (χ4v) is 4.78. The van der Waals surface area contributed by atoms with E-state index in [-0.39, 0.29) is 17.9 Å². The lowest BCUT2D eigenvalue weighted by Gasteiger charge is -2.08. The van der Waals surface area contributed by atoms with Crippen LogP contribution in [0.5, 0.6) is 0 Å². The summed E-state index contributed by atoms with van der Waals surface area (Å²) in [5, 5.41) is 4.43. The summed E-state index contributed by atoms with van der Waals surface area (Å²) in [6.07, 6.45) is 2.41. The van der Waals surface area contributed by atoms with Crippen LogP contribution in [0, 0.1) is 13.8 Å². The van der Waals surface area contributed by atoms with Crippen molar-refractivity contribution in [3.05, 3.63) is 69.6 Å². The molecule has 2 heterocycles. The Morgan fingerprint density at radius 3 is 2.61 bits per heavy atom. The number of aromatic nitrogens is 3. The number of H-pyrrole nitrogens is 1. The lowest BCUT2D eigenvalue weighted by molar-refractivity contribution is -0.116. The number of thioether (sulfide) groups is 1. The molecule has 0 aliphatic carbocycles. The Balaban J connectivity index is 1.40. The SMILES string of the molecule is CSc1nc(C)c(CCC(=O)Nc2ccc(-c3nc4ccc(C)cc4s3)cc2)c(=O)[nH]1. The van der Waals surface area contributed by atoms with Crippen molar-refractivity contribution >= 4 is 44.9 Å². The normalized spacial score (nSPS) is 11.1. The maximum absolute atomic E-state index is 12.4. The smallest absolute Gasteiger partial charge is 0.254 e. The molecule has 0 aliphatic rings. The molecule has 158 valence electrons. The fraction of sp³-hybridized carbons (Fsp3) is 0.217. The zero-order valence-electron chi connectivity index (χ0n) is 17.5. The van der Waals surface area contributed by atoms with Gasteiger partial charge in [-0.2, -0.15) is 0 Å². The number of rotatable bonds is 6. The highest BCUT2D eigenvalue weighted by Crippen LogP contribution is 2.31. The van der Waals surface area contributed by atoms with Gasteiger partial charge < -0.3 is 10.3 Å². The highest BCUT2D eigenvalue weighted by Gasteiger charge is 2.11. The molecule has 0 fully saturated rings.